The normalized spacial score (nSPS) is 21.9. The van der Waals surface area contributed by atoms with Crippen molar-refractivity contribution in [2.24, 2.45) is 17.1 Å². The molecule has 1 rings (SSSR count). The number of hydrogen-bond donors (Lipinski definition) is 1. The predicted molar refractivity (Wildman–Crippen MR) is 58.6 cm³/mol. The molecule has 0 amide bonds. The zero-order valence-electron chi connectivity index (χ0n) is 9.69. The maximum atomic E-state index is 6.24. The van der Waals surface area contributed by atoms with Crippen LogP contribution in [-0.4, -0.2) is 5.54 Å². The van der Waals surface area contributed by atoms with Crippen molar-refractivity contribution in [1.82, 2.24) is 0 Å². The van der Waals surface area contributed by atoms with Gasteiger partial charge in [0.25, 0.3) is 0 Å². The molecule has 0 aromatic carbocycles. The molecular formula is C12H25N. The molecule has 0 heterocycles. The standard InChI is InChI=1S/C12H25N/c1-11(2,12(3,4)13)10-8-6-5-7-9-10/h10H,5-9,13H2,1-4H3. The van der Waals surface area contributed by atoms with Gasteiger partial charge in [-0.25, -0.2) is 0 Å². The van der Waals surface area contributed by atoms with Crippen LogP contribution in [0.15, 0.2) is 0 Å². The Balaban J connectivity index is 2.67. The minimum atomic E-state index is -0.0466. The summed E-state index contributed by atoms with van der Waals surface area (Å²) in [5.41, 5.74) is 6.48. The van der Waals surface area contributed by atoms with Crippen LogP contribution in [0, 0.1) is 11.3 Å². The lowest BCUT2D eigenvalue weighted by Crippen LogP contribution is -2.51. The smallest absolute Gasteiger partial charge is 0.0151 e. The van der Waals surface area contributed by atoms with Gasteiger partial charge < -0.3 is 5.73 Å². The van der Waals surface area contributed by atoms with Gasteiger partial charge in [-0.3, -0.25) is 0 Å². The summed E-state index contributed by atoms with van der Waals surface area (Å²) in [4.78, 5) is 0. The molecule has 0 saturated heterocycles. The Bertz CT molecular complexity index is 158. The van der Waals surface area contributed by atoms with Crippen molar-refractivity contribution in [3.8, 4) is 0 Å². The Morgan fingerprint density at radius 3 is 1.77 bits per heavy atom. The minimum Gasteiger partial charge on any atom is -0.325 e. The molecule has 0 unspecified atom stereocenters. The van der Waals surface area contributed by atoms with Crippen molar-refractivity contribution < 1.29 is 0 Å². The third kappa shape index (κ3) is 2.25. The molecule has 0 atom stereocenters. The summed E-state index contributed by atoms with van der Waals surface area (Å²) < 4.78 is 0. The van der Waals surface area contributed by atoms with E-state index in [9.17, 15) is 0 Å². The van der Waals surface area contributed by atoms with Crippen LogP contribution in [0.2, 0.25) is 0 Å². The second-order valence-electron chi connectivity index (χ2n) is 5.78. The highest BCUT2D eigenvalue weighted by Crippen LogP contribution is 2.43. The molecular weight excluding hydrogens is 158 g/mol. The molecule has 0 spiro atoms. The van der Waals surface area contributed by atoms with Crippen LogP contribution in [0.1, 0.15) is 59.8 Å². The number of rotatable bonds is 2. The van der Waals surface area contributed by atoms with Gasteiger partial charge in [-0.05, 0) is 38.0 Å². The maximum absolute atomic E-state index is 6.24. The van der Waals surface area contributed by atoms with E-state index in [1.54, 1.807) is 0 Å². The lowest BCUT2D eigenvalue weighted by Gasteiger charge is -2.46. The van der Waals surface area contributed by atoms with Gasteiger partial charge in [-0.1, -0.05) is 33.1 Å². The summed E-state index contributed by atoms with van der Waals surface area (Å²) in [6.45, 7) is 9.01. The summed E-state index contributed by atoms with van der Waals surface area (Å²) in [5, 5.41) is 0. The first-order valence-electron chi connectivity index (χ1n) is 5.64. The Morgan fingerprint density at radius 1 is 0.923 bits per heavy atom. The van der Waals surface area contributed by atoms with Crippen LogP contribution in [0.4, 0.5) is 0 Å². The van der Waals surface area contributed by atoms with E-state index in [4.69, 9.17) is 5.73 Å². The molecule has 0 aromatic heterocycles. The molecule has 1 aliphatic carbocycles. The summed E-state index contributed by atoms with van der Waals surface area (Å²) in [7, 11) is 0. The second kappa shape index (κ2) is 3.61. The third-order valence-corrected chi connectivity index (χ3v) is 4.29. The minimum absolute atomic E-state index is 0.0466. The van der Waals surface area contributed by atoms with Crippen molar-refractivity contribution in [3.05, 3.63) is 0 Å². The molecule has 0 bridgehead atoms. The molecule has 1 saturated carbocycles. The van der Waals surface area contributed by atoms with E-state index in [0.29, 0.717) is 0 Å². The van der Waals surface area contributed by atoms with Gasteiger partial charge in [-0.15, -0.1) is 0 Å². The first-order valence-corrected chi connectivity index (χ1v) is 5.64. The van der Waals surface area contributed by atoms with Crippen LogP contribution in [0.3, 0.4) is 0 Å². The van der Waals surface area contributed by atoms with E-state index in [2.05, 4.69) is 27.7 Å². The van der Waals surface area contributed by atoms with Gasteiger partial charge in [0.15, 0.2) is 0 Å². The SMILES string of the molecule is CC(C)(N)C(C)(C)C1CCCCC1. The highest BCUT2D eigenvalue weighted by molar-refractivity contribution is 4.95. The van der Waals surface area contributed by atoms with Gasteiger partial charge in [0, 0.05) is 5.54 Å². The first kappa shape index (κ1) is 11.0. The van der Waals surface area contributed by atoms with Gasteiger partial charge in [0.05, 0.1) is 0 Å². The van der Waals surface area contributed by atoms with Crippen molar-refractivity contribution >= 4 is 0 Å². The molecule has 0 radical (unpaired) electrons. The van der Waals surface area contributed by atoms with E-state index >= 15 is 0 Å². The van der Waals surface area contributed by atoms with Crippen LogP contribution in [0.25, 0.3) is 0 Å². The highest BCUT2D eigenvalue weighted by Gasteiger charge is 2.40. The molecule has 1 heteroatoms. The lowest BCUT2D eigenvalue weighted by molar-refractivity contribution is 0.0784. The average Bonchev–Trinajstić information content (AvgIpc) is 2.04. The largest absolute Gasteiger partial charge is 0.325 e. The fourth-order valence-corrected chi connectivity index (χ4v) is 2.35. The van der Waals surface area contributed by atoms with Crippen LogP contribution < -0.4 is 5.73 Å². The van der Waals surface area contributed by atoms with E-state index in [1.807, 2.05) is 0 Å². The molecule has 0 aromatic rings. The lowest BCUT2D eigenvalue weighted by atomic mass is 9.62. The van der Waals surface area contributed by atoms with E-state index in [0.717, 1.165) is 5.92 Å². The van der Waals surface area contributed by atoms with Crippen LogP contribution in [-0.2, 0) is 0 Å². The molecule has 78 valence electrons. The Hall–Kier alpha value is -0.0400. The quantitative estimate of drug-likeness (QED) is 0.698. The molecule has 1 fully saturated rings. The van der Waals surface area contributed by atoms with E-state index < -0.39 is 0 Å². The number of nitrogens with two attached hydrogens (primary N) is 1. The van der Waals surface area contributed by atoms with Crippen molar-refractivity contribution in [3.63, 3.8) is 0 Å². The summed E-state index contributed by atoms with van der Waals surface area (Å²) >= 11 is 0. The molecule has 2 N–H and O–H groups in total. The summed E-state index contributed by atoms with van der Waals surface area (Å²) in [6, 6.07) is 0. The zero-order chi connectivity index (χ0) is 10.1. The maximum Gasteiger partial charge on any atom is 0.0151 e. The first-order chi connectivity index (χ1) is 5.86. The third-order valence-electron chi connectivity index (χ3n) is 4.29. The Labute approximate surface area is 83.1 Å². The predicted octanol–water partition coefficient (Wildman–Crippen LogP) is 3.33. The average molecular weight is 183 g/mol. The van der Waals surface area contributed by atoms with Gasteiger partial charge in [0.1, 0.15) is 0 Å². The molecule has 13 heavy (non-hydrogen) atoms. The number of hydrogen-bond acceptors (Lipinski definition) is 1. The van der Waals surface area contributed by atoms with Crippen LogP contribution in [0.5, 0.6) is 0 Å². The van der Waals surface area contributed by atoms with Gasteiger partial charge >= 0.3 is 0 Å². The highest BCUT2D eigenvalue weighted by atomic mass is 14.8. The van der Waals surface area contributed by atoms with Crippen molar-refractivity contribution in [2.45, 2.75) is 65.3 Å². The molecule has 0 aliphatic heterocycles. The topological polar surface area (TPSA) is 26.0 Å². The Morgan fingerprint density at radius 2 is 1.38 bits per heavy atom. The van der Waals surface area contributed by atoms with E-state index in [1.165, 1.54) is 32.1 Å². The zero-order valence-corrected chi connectivity index (χ0v) is 9.69. The van der Waals surface area contributed by atoms with Gasteiger partial charge in [-0.2, -0.15) is 0 Å². The Kier molecular flexibility index (Phi) is 3.06. The monoisotopic (exact) mass is 183 g/mol. The van der Waals surface area contributed by atoms with Crippen molar-refractivity contribution in [1.29, 1.82) is 0 Å². The molecule has 1 nitrogen and oxygen atoms in total. The van der Waals surface area contributed by atoms with Crippen LogP contribution >= 0.6 is 0 Å². The fourth-order valence-electron chi connectivity index (χ4n) is 2.35. The molecule has 1 aliphatic rings. The second-order valence-corrected chi connectivity index (χ2v) is 5.78. The van der Waals surface area contributed by atoms with Crippen molar-refractivity contribution in [2.75, 3.05) is 0 Å². The fraction of sp³-hybridized carbons (Fsp3) is 1.00. The van der Waals surface area contributed by atoms with Gasteiger partial charge in [0.2, 0.25) is 0 Å². The summed E-state index contributed by atoms with van der Waals surface area (Å²) in [6.07, 6.45) is 7.01. The summed E-state index contributed by atoms with van der Waals surface area (Å²) in [5.74, 6) is 0.834. The van der Waals surface area contributed by atoms with E-state index in [-0.39, 0.29) is 11.0 Å².